The van der Waals surface area contributed by atoms with Crippen LogP contribution in [0.5, 0.6) is 5.75 Å². The summed E-state index contributed by atoms with van der Waals surface area (Å²) in [6.45, 7) is 0.710. The molecule has 0 unspecified atom stereocenters. The predicted molar refractivity (Wildman–Crippen MR) is 79.3 cm³/mol. The quantitative estimate of drug-likeness (QED) is 0.802. The van der Waals surface area contributed by atoms with Crippen LogP contribution in [0.4, 0.5) is 5.69 Å². The summed E-state index contributed by atoms with van der Waals surface area (Å²) in [5.74, 6) is 0.912. The second kappa shape index (κ2) is 5.14. The Hall–Kier alpha value is -1.29. The number of nitrogens with zero attached hydrogens (tertiary/aromatic N) is 1. The van der Waals surface area contributed by atoms with Crippen molar-refractivity contribution in [3.05, 3.63) is 24.3 Å². The Morgan fingerprint density at radius 1 is 1.44 bits per heavy atom. The predicted octanol–water partition coefficient (Wildman–Crippen LogP) is 2.59. The number of benzene rings is 1. The summed E-state index contributed by atoms with van der Waals surface area (Å²) in [6, 6.07) is 8.12. The van der Waals surface area contributed by atoms with E-state index in [1.807, 2.05) is 26.2 Å². The van der Waals surface area contributed by atoms with Crippen molar-refractivity contribution >= 4 is 22.9 Å². The van der Waals surface area contributed by atoms with Gasteiger partial charge in [0.15, 0.2) is 0 Å². The molecule has 0 heterocycles. The first-order valence-corrected chi connectivity index (χ1v) is 6.60. The zero-order valence-corrected chi connectivity index (χ0v) is 11.8. The summed E-state index contributed by atoms with van der Waals surface area (Å²) in [5, 5.41) is 0. The zero-order valence-electron chi connectivity index (χ0n) is 11.0. The molecule has 18 heavy (non-hydrogen) atoms. The van der Waals surface area contributed by atoms with Gasteiger partial charge in [0.25, 0.3) is 0 Å². The van der Waals surface area contributed by atoms with Gasteiger partial charge in [-0.1, -0.05) is 18.3 Å². The maximum Gasteiger partial charge on any atom is 0.121 e. The molecule has 0 atom stereocenters. The van der Waals surface area contributed by atoms with Crippen LogP contribution in [0.2, 0.25) is 0 Å². The molecular formula is C14H20N2OS. The molecule has 98 valence electrons. The molecule has 0 spiro atoms. The molecule has 2 N–H and O–H groups in total. The number of ether oxygens (including phenoxy) is 1. The van der Waals surface area contributed by atoms with Crippen LogP contribution in [0, 0.1) is 5.41 Å². The first kappa shape index (κ1) is 13.1. The highest BCUT2D eigenvalue weighted by atomic mass is 32.1. The fourth-order valence-electron chi connectivity index (χ4n) is 2.01. The average Bonchev–Trinajstić information content (AvgIpc) is 3.06. The van der Waals surface area contributed by atoms with E-state index in [1.165, 1.54) is 0 Å². The van der Waals surface area contributed by atoms with Gasteiger partial charge in [0.05, 0.1) is 11.6 Å². The average molecular weight is 264 g/mol. The summed E-state index contributed by atoms with van der Waals surface area (Å²) in [5.41, 5.74) is 6.97. The van der Waals surface area contributed by atoms with Gasteiger partial charge in [-0.25, -0.2) is 0 Å². The summed E-state index contributed by atoms with van der Waals surface area (Å²) in [4.78, 5) is 2.66. The molecule has 1 saturated carbocycles. The minimum absolute atomic E-state index is 0.208. The molecule has 1 aromatic rings. The van der Waals surface area contributed by atoms with Gasteiger partial charge in [-0.2, -0.15) is 0 Å². The van der Waals surface area contributed by atoms with E-state index in [-0.39, 0.29) is 5.41 Å². The third kappa shape index (κ3) is 3.35. The Balaban J connectivity index is 1.94. The topological polar surface area (TPSA) is 38.5 Å². The molecular weight excluding hydrogens is 244 g/mol. The zero-order chi connectivity index (χ0) is 13.2. The first-order chi connectivity index (χ1) is 8.51. The standard InChI is InChI=1S/C14H20N2OS/c1-16(2)11-4-3-5-12(8-11)17-10-14(6-7-14)9-13(15)18/h3-5,8H,6-7,9-10H2,1-2H3,(H2,15,18). The lowest BCUT2D eigenvalue weighted by molar-refractivity contribution is 0.239. The third-order valence-corrected chi connectivity index (χ3v) is 3.53. The van der Waals surface area contributed by atoms with Crippen LogP contribution in [0.1, 0.15) is 19.3 Å². The first-order valence-electron chi connectivity index (χ1n) is 6.19. The van der Waals surface area contributed by atoms with Crippen molar-refractivity contribution in [1.29, 1.82) is 0 Å². The highest BCUT2D eigenvalue weighted by Gasteiger charge is 2.43. The van der Waals surface area contributed by atoms with Gasteiger partial charge >= 0.3 is 0 Å². The molecule has 4 heteroatoms. The third-order valence-electron chi connectivity index (χ3n) is 3.39. The summed E-state index contributed by atoms with van der Waals surface area (Å²) >= 11 is 4.99. The summed E-state index contributed by atoms with van der Waals surface area (Å²) in [7, 11) is 4.04. The second-order valence-electron chi connectivity index (χ2n) is 5.32. The lowest BCUT2D eigenvalue weighted by Gasteiger charge is -2.17. The van der Waals surface area contributed by atoms with Crippen molar-refractivity contribution in [2.75, 3.05) is 25.6 Å². The van der Waals surface area contributed by atoms with Gasteiger partial charge in [-0.3, -0.25) is 0 Å². The van der Waals surface area contributed by atoms with Crippen LogP contribution in [0.3, 0.4) is 0 Å². The summed E-state index contributed by atoms with van der Waals surface area (Å²) in [6.07, 6.45) is 3.13. The molecule has 0 aliphatic heterocycles. The van der Waals surface area contributed by atoms with Gasteiger partial charge < -0.3 is 15.4 Å². The molecule has 0 saturated heterocycles. The Morgan fingerprint density at radius 2 is 2.17 bits per heavy atom. The highest BCUT2D eigenvalue weighted by molar-refractivity contribution is 7.80. The van der Waals surface area contributed by atoms with E-state index in [2.05, 4.69) is 17.0 Å². The molecule has 0 aromatic heterocycles. The number of anilines is 1. The van der Waals surface area contributed by atoms with Crippen molar-refractivity contribution in [2.45, 2.75) is 19.3 Å². The van der Waals surface area contributed by atoms with E-state index in [1.54, 1.807) is 0 Å². The lowest BCUT2D eigenvalue weighted by Crippen LogP contribution is -2.21. The fourth-order valence-corrected chi connectivity index (χ4v) is 2.31. The molecule has 1 fully saturated rings. The number of thiocarbonyl (C=S) groups is 1. The second-order valence-corrected chi connectivity index (χ2v) is 5.85. The number of rotatable bonds is 6. The molecule has 1 aromatic carbocycles. The maximum atomic E-state index is 5.88. The minimum Gasteiger partial charge on any atom is -0.493 e. The largest absolute Gasteiger partial charge is 0.493 e. The van der Waals surface area contributed by atoms with E-state index in [9.17, 15) is 0 Å². The van der Waals surface area contributed by atoms with Crippen molar-refractivity contribution in [2.24, 2.45) is 11.1 Å². The van der Waals surface area contributed by atoms with Gasteiger partial charge in [-0.15, -0.1) is 0 Å². The van der Waals surface area contributed by atoms with Gasteiger partial charge in [-0.05, 0) is 25.0 Å². The number of hydrogen-bond donors (Lipinski definition) is 1. The number of nitrogens with two attached hydrogens (primary N) is 1. The molecule has 1 aliphatic rings. The van der Waals surface area contributed by atoms with E-state index in [4.69, 9.17) is 22.7 Å². The summed E-state index contributed by atoms with van der Waals surface area (Å²) < 4.78 is 5.88. The monoisotopic (exact) mass is 264 g/mol. The van der Waals surface area contributed by atoms with Crippen LogP contribution in [-0.4, -0.2) is 25.7 Å². The van der Waals surface area contributed by atoms with Crippen LogP contribution >= 0.6 is 12.2 Å². The highest BCUT2D eigenvalue weighted by Crippen LogP contribution is 2.49. The Kier molecular flexibility index (Phi) is 3.76. The normalized spacial score (nSPS) is 16.1. The van der Waals surface area contributed by atoms with Gasteiger partial charge in [0.2, 0.25) is 0 Å². The molecule has 0 amide bonds. The van der Waals surface area contributed by atoms with E-state index < -0.39 is 0 Å². The van der Waals surface area contributed by atoms with Gasteiger partial charge in [0.1, 0.15) is 5.75 Å². The number of hydrogen-bond acceptors (Lipinski definition) is 3. The Labute approximate surface area is 114 Å². The molecule has 1 aliphatic carbocycles. The molecule has 0 bridgehead atoms. The maximum absolute atomic E-state index is 5.88. The van der Waals surface area contributed by atoms with E-state index in [0.29, 0.717) is 11.6 Å². The van der Waals surface area contributed by atoms with Crippen LogP contribution in [0.25, 0.3) is 0 Å². The Bertz CT molecular complexity index is 441. The van der Waals surface area contributed by atoms with Gasteiger partial charge in [0, 0.05) is 37.7 Å². The van der Waals surface area contributed by atoms with Crippen molar-refractivity contribution < 1.29 is 4.74 Å². The molecule has 2 rings (SSSR count). The van der Waals surface area contributed by atoms with Crippen molar-refractivity contribution in [3.63, 3.8) is 0 Å². The van der Waals surface area contributed by atoms with Crippen LogP contribution < -0.4 is 15.4 Å². The van der Waals surface area contributed by atoms with Crippen molar-refractivity contribution in [3.8, 4) is 5.75 Å². The van der Waals surface area contributed by atoms with E-state index >= 15 is 0 Å². The van der Waals surface area contributed by atoms with Crippen LogP contribution in [0.15, 0.2) is 24.3 Å². The molecule has 3 nitrogen and oxygen atoms in total. The SMILES string of the molecule is CN(C)c1cccc(OCC2(CC(N)=S)CC2)c1. The van der Waals surface area contributed by atoms with E-state index in [0.717, 1.165) is 30.7 Å². The van der Waals surface area contributed by atoms with Crippen molar-refractivity contribution in [1.82, 2.24) is 0 Å². The smallest absolute Gasteiger partial charge is 0.121 e. The fraction of sp³-hybridized carbons (Fsp3) is 0.500. The lowest BCUT2D eigenvalue weighted by atomic mass is 10.0. The minimum atomic E-state index is 0.208. The Morgan fingerprint density at radius 3 is 2.72 bits per heavy atom. The molecule has 0 radical (unpaired) electrons. The van der Waals surface area contributed by atoms with Crippen LogP contribution in [-0.2, 0) is 0 Å².